The van der Waals surface area contributed by atoms with Crippen molar-refractivity contribution in [2.24, 2.45) is 5.73 Å². The van der Waals surface area contributed by atoms with Crippen LogP contribution < -0.4 is 15.5 Å². The van der Waals surface area contributed by atoms with Crippen molar-refractivity contribution in [1.82, 2.24) is 19.9 Å². The minimum Gasteiger partial charge on any atom is -0.367 e. The number of aromatic amines is 1. The number of benzene rings is 1. The Morgan fingerprint density at radius 1 is 1.12 bits per heavy atom. The number of hydrogen-bond acceptors (Lipinski definition) is 6. The quantitative estimate of drug-likeness (QED) is 0.687. The van der Waals surface area contributed by atoms with Gasteiger partial charge in [-0.3, -0.25) is 4.79 Å². The number of carbonyl (C=O) groups is 1. The van der Waals surface area contributed by atoms with E-state index in [0.717, 1.165) is 37.7 Å². The lowest BCUT2D eigenvalue weighted by atomic mass is 10.1. The lowest BCUT2D eigenvalue weighted by molar-refractivity contribution is 0.100. The maximum atomic E-state index is 11.6. The molecule has 1 aliphatic rings. The van der Waals surface area contributed by atoms with E-state index in [0.29, 0.717) is 16.7 Å². The van der Waals surface area contributed by atoms with E-state index in [2.05, 4.69) is 29.7 Å². The van der Waals surface area contributed by atoms with Gasteiger partial charge in [0, 0.05) is 31.9 Å². The number of primary amides is 1. The maximum absolute atomic E-state index is 11.6. The van der Waals surface area contributed by atoms with Gasteiger partial charge in [-0.2, -0.15) is 9.97 Å². The van der Waals surface area contributed by atoms with Crippen molar-refractivity contribution in [3.05, 3.63) is 41.4 Å². The summed E-state index contributed by atoms with van der Waals surface area (Å²) in [6.07, 6.45) is 1.58. The van der Waals surface area contributed by atoms with Gasteiger partial charge in [0.05, 0.1) is 11.9 Å². The van der Waals surface area contributed by atoms with Gasteiger partial charge in [0.15, 0.2) is 17.0 Å². The van der Waals surface area contributed by atoms with Gasteiger partial charge in [-0.25, -0.2) is 4.98 Å². The summed E-state index contributed by atoms with van der Waals surface area (Å²) in [7, 11) is 0. The molecule has 8 nitrogen and oxygen atoms in total. The van der Waals surface area contributed by atoms with E-state index in [4.69, 9.17) is 17.3 Å². The molecule has 0 unspecified atom stereocenters. The normalized spacial score (nSPS) is 14.9. The SMILES string of the molecule is NC(=O)c1ccccc1N1CCN(c2nc(Cl)nc3[nH]cnc23)CC1. The fourth-order valence-corrected chi connectivity index (χ4v) is 3.30. The molecule has 3 heterocycles. The fraction of sp³-hybridized carbons (Fsp3) is 0.250. The summed E-state index contributed by atoms with van der Waals surface area (Å²) < 4.78 is 0. The van der Waals surface area contributed by atoms with Crippen LogP contribution in [0.3, 0.4) is 0 Å². The summed E-state index contributed by atoms with van der Waals surface area (Å²) in [6.45, 7) is 2.92. The molecule has 25 heavy (non-hydrogen) atoms. The first kappa shape index (κ1) is 15.6. The number of H-pyrrole nitrogens is 1. The van der Waals surface area contributed by atoms with Crippen molar-refractivity contribution in [3.8, 4) is 0 Å². The first-order valence-electron chi connectivity index (χ1n) is 7.89. The Balaban J connectivity index is 1.58. The van der Waals surface area contributed by atoms with Crippen LogP contribution in [0.25, 0.3) is 11.2 Å². The zero-order valence-electron chi connectivity index (χ0n) is 13.3. The van der Waals surface area contributed by atoms with Crippen LogP contribution in [0.1, 0.15) is 10.4 Å². The Hall–Kier alpha value is -2.87. The lowest BCUT2D eigenvalue weighted by Gasteiger charge is -2.37. The number of aromatic nitrogens is 4. The molecule has 9 heteroatoms. The Morgan fingerprint density at radius 3 is 2.60 bits per heavy atom. The molecular weight excluding hydrogens is 342 g/mol. The van der Waals surface area contributed by atoms with E-state index in [1.165, 1.54) is 0 Å². The number of anilines is 2. The van der Waals surface area contributed by atoms with Crippen LogP contribution in [0.2, 0.25) is 5.28 Å². The third-order valence-electron chi connectivity index (χ3n) is 4.32. The predicted molar refractivity (Wildman–Crippen MR) is 96.1 cm³/mol. The number of nitrogens with zero attached hydrogens (tertiary/aromatic N) is 5. The number of imidazole rings is 1. The lowest BCUT2D eigenvalue weighted by Crippen LogP contribution is -2.47. The molecule has 4 rings (SSSR count). The summed E-state index contributed by atoms with van der Waals surface area (Å²) in [4.78, 5) is 31.7. The van der Waals surface area contributed by atoms with E-state index < -0.39 is 5.91 Å². The summed E-state index contributed by atoms with van der Waals surface area (Å²) in [5.74, 6) is 0.304. The highest BCUT2D eigenvalue weighted by Crippen LogP contribution is 2.26. The predicted octanol–water partition coefficient (Wildman–Crippen LogP) is 1.43. The van der Waals surface area contributed by atoms with Crippen molar-refractivity contribution in [2.75, 3.05) is 36.0 Å². The number of nitrogens with two attached hydrogens (primary N) is 1. The minimum atomic E-state index is -0.418. The Bertz CT molecular complexity index is 933. The topological polar surface area (TPSA) is 104 Å². The van der Waals surface area contributed by atoms with Gasteiger partial charge in [0.25, 0.3) is 5.91 Å². The van der Waals surface area contributed by atoms with E-state index in [1.54, 1.807) is 12.4 Å². The minimum absolute atomic E-state index is 0.188. The molecule has 0 saturated carbocycles. The van der Waals surface area contributed by atoms with Crippen LogP contribution in [-0.4, -0.2) is 52.0 Å². The molecule has 2 aromatic heterocycles. The third-order valence-corrected chi connectivity index (χ3v) is 4.49. The largest absolute Gasteiger partial charge is 0.367 e. The van der Waals surface area contributed by atoms with Crippen LogP contribution in [0.4, 0.5) is 11.5 Å². The van der Waals surface area contributed by atoms with Gasteiger partial charge in [-0.15, -0.1) is 0 Å². The standard InChI is InChI=1S/C16H16ClN7O/c17-16-21-14-12(19-9-20-14)15(22-16)24-7-5-23(6-8-24)11-4-2-1-3-10(11)13(18)25/h1-4,9H,5-8H2,(H2,18,25)(H,19,20,21,22). The second kappa shape index (κ2) is 6.21. The molecular formula is C16H16ClN7O. The second-order valence-electron chi connectivity index (χ2n) is 5.77. The molecule has 128 valence electrons. The zero-order chi connectivity index (χ0) is 17.4. The average Bonchev–Trinajstić information content (AvgIpc) is 3.09. The summed E-state index contributed by atoms with van der Waals surface area (Å²) in [6, 6.07) is 7.40. The van der Waals surface area contributed by atoms with Crippen molar-refractivity contribution in [1.29, 1.82) is 0 Å². The van der Waals surface area contributed by atoms with Crippen LogP contribution in [-0.2, 0) is 0 Å². The summed E-state index contributed by atoms with van der Waals surface area (Å²) in [5.41, 5.74) is 8.21. The molecule has 0 aliphatic carbocycles. The highest BCUT2D eigenvalue weighted by molar-refractivity contribution is 6.28. The average molecular weight is 358 g/mol. The maximum Gasteiger partial charge on any atom is 0.250 e. The molecule has 0 bridgehead atoms. The Morgan fingerprint density at radius 2 is 1.84 bits per heavy atom. The van der Waals surface area contributed by atoms with E-state index in [1.807, 2.05) is 18.2 Å². The van der Waals surface area contributed by atoms with Gasteiger partial charge in [-0.1, -0.05) is 12.1 Å². The number of halogens is 1. The monoisotopic (exact) mass is 357 g/mol. The van der Waals surface area contributed by atoms with Crippen molar-refractivity contribution >= 4 is 40.2 Å². The van der Waals surface area contributed by atoms with E-state index >= 15 is 0 Å². The fourth-order valence-electron chi connectivity index (χ4n) is 3.13. The van der Waals surface area contributed by atoms with Gasteiger partial charge < -0.3 is 20.5 Å². The molecule has 1 fully saturated rings. The molecule has 1 amide bonds. The van der Waals surface area contributed by atoms with Crippen molar-refractivity contribution in [2.45, 2.75) is 0 Å². The van der Waals surface area contributed by atoms with Crippen LogP contribution in [0, 0.1) is 0 Å². The highest BCUT2D eigenvalue weighted by Gasteiger charge is 2.23. The molecule has 3 N–H and O–H groups in total. The van der Waals surface area contributed by atoms with Gasteiger partial charge in [-0.05, 0) is 23.7 Å². The van der Waals surface area contributed by atoms with Gasteiger partial charge in [0.1, 0.15) is 0 Å². The Labute approximate surface area is 148 Å². The zero-order valence-corrected chi connectivity index (χ0v) is 14.1. The Kier molecular flexibility index (Phi) is 3.89. The number of fused-ring (bicyclic) bond motifs is 1. The highest BCUT2D eigenvalue weighted by atomic mass is 35.5. The summed E-state index contributed by atoms with van der Waals surface area (Å²) in [5, 5.41) is 0.188. The molecule has 0 spiro atoms. The van der Waals surface area contributed by atoms with E-state index in [9.17, 15) is 4.79 Å². The number of carbonyl (C=O) groups excluding carboxylic acids is 1. The number of amides is 1. The first-order valence-corrected chi connectivity index (χ1v) is 8.26. The molecule has 3 aromatic rings. The number of hydrogen-bond donors (Lipinski definition) is 2. The summed E-state index contributed by atoms with van der Waals surface area (Å²) >= 11 is 6.02. The first-order chi connectivity index (χ1) is 12.1. The van der Waals surface area contributed by atoms with Crippen LogP contribution in [0.15, 0.2) is 30.6 Å². The number of para-hydroxylation sites is 1. The molecule has 1 aliphatic heterocycles. The molecule has 1 aromatic carbocycles. The van der Waals surface area contributed by atoms with Crippen molar-refractivity contribution < 1.29 is 4.79 Å². The second-order valence-corrected chi connectivity index (χ2v) is 6.11. The third kappa shape index (κ3) is 2.85. The van der Waals surface area contributed by atoms with Crippen LogP contribution >= 0.6 is 11.6 Å². The van der Waals surface area contributed by atoms with Crippen molar-refractivity contribution in [3.63, 3.8) is 0 Å². The number of rotatable bonds is 3. The molecule has 0 radical (unpaired) electrons. The molecule has 1 saturated heterocycles. The van der Waals surface area contributed by atoms with Crippen LogP contribution in [0.5, 0.6) is 0 Å². The molecule has 0 atom stereocenters. The number of piperazine rings is 1. The smallest absolute Gasteiger partial charge is 0.250 e. The van der Waals surface area contributed by atoms with Gasteiger partial charge in [0.2, 0.25) is 5.28 Å². The van der Waals surface area contributed by atoms with Gasteiger partial charge >= 0.3 is 0 Å². The van der Waals surface area contributed by atoms with E-state index in [-0.39, 0.29) is 5.28 Å². The number of nitrogens with one attached hydrogen (secondary N) is 1.